The van der Waals surface area contributed by atoms with Gasteiger partial charge in [-0.1, -0.05) is 19.3 Å². The molecule has 2 nitrogen and oxygen atoms in total. The molecule has 1 saturated carbocycles. The Kier molecular flexibility index (Phi) is 3.62. The Balaban J connectivity index is 1.69. The van der Waals surface area contributed by atoms with Crippen LogP contribution in [0.15, 0.2) is 0 Å². The van der Waals surface area contributed by atoms with Gasteiger partial charge in [0.15, 0.2) is 0 Å². The van der Waals surface area contributed by atoms with Crippen LogP contribution in [0.3, 0.4) is 0 Å². The van der Waals surface area contributed by atoms with Crippen LogP contribution in [0, 0.1) is 0 Å². The van der Waals surface area contributed by atoms with Gasteiger partial charge in [-0.05, 0) is 25.7 Å². The second-order valence-electron chi connectivity index (χ2n) is 4.21. The van der Waals surface area contributed by atoms with Crippen molar-refractivity contribution < 1.29 is 9.47 Å². The van der Waals surface area contributed by atoms with Crippen LogP contribution in [0.5, 0.6) is 0 Å². The fourth-order valence-corrected chi connectivity index (χ4v) is 2.29. The van der Waals surface area contributed by atoms with Crippen LogP contribution in [-0.4, -0.2) is 25.4 Å². The van der Waals surface area contributed by atoms with Crippen LogP contribution in [-0.2, 0) is 9.47 Å². The molecule has 2 fully saturated rings. The van der Waals surface area contributed by atoms with E-state index in [1.165, 1.54) is 32.1 Å². The van der Waals surface area contributed by atoms with Crippen molar-refractivity contribution in [1.29, 1.82) is 0 Å². The number of rotatable bonds is 2. The molecule has 0 N–H and O–H groups in total. The van der Waals surface area contributed by atoms with Crippen molar-refractivity contribution in [3.05, 3.63) is 0 Å². The van der Waals surface area contributed by atoms with Gasteiger partial charge in [-0.2, -0.15) is 0 Å². The lowest BCUT2D eigenvalue weighted by molar-refractivity contribution is -0.0780. The first-order chi connectivity index (χ1) is 6.45. The highest BCUT2D eigenvalue weighted by Gasteiger charge is 2.20. The van der Waals surface area contributed by atoms with Gasteiger partial charge in [-0.15, -0.1) is 0 Å². The van der Waals surface area contributed by atoms with Crippen LogP contribution in [0.2, 0.25) is 0 Å². The average Bonchev–Trinajstić information content (AvgIpc) is 2.21. The quantitative estimate of drug-likeness (QED) is 0.656. The molecule has 76 valence electrons. The summed E-state index contributed by atoms with van der Waals surface area (Å²) in [6.45, 7) is 1.80. The molecule has 0 spiro atoms. The Morgan fingerprint density at radius 1 is 0.769 bits per heavy atom. The van der Waals surface area contributed by atoms with E-state index in [0.717, 1.165) is 26.1 Å². The zero-order valence-electron chi connectivity index (χ0n) is 8.34. The van der Waals surface area contributed by atoms with Crippen LogP contribution in [0.25, 0.3) is 0 Å². The maximum Gasteiger partial charge on any atom is 0.0622 e. The van der Waals surface area contributed by atoms with Gasteiger partial charge in [0.2, 0.25) is 0 Å². The van der Waals surface area contributed by atoms with Crippen molar-refractivity contribution in [2.24, 2.45) is 0 Å². The number of hydrogen-bond acceptors (Lipinski definition) is 2. The lowest BCUT2D eigenvalue weighted by atomic mass is 9.97. The first kappa shape index (κ1) is 9.47. The molecular formula is C11H20O2. The summed E-state index contributed by atoms with van der Waals surface area (Å²) in [7, 11) is 0. The van der Waals surface area contributed by atoms with E-state index >= 15 is 0 Å². The van der Waals surface area contributed by atoms with Crippen LogP contribution in [0.1, 0.15) is 44.9 Å². The lowest BCUT2D eigenvalue weighted by Crippen LogP contribution is -2.29. The van der Waals surface area contributed by atoms with E-state index in [9.17, 15) is 0 Å². The maximum absolute atomic E-state index is 6.05. The topological polar surface area (TPSA) is 18.5 Å². The Bertz CT molecular complexity index is 119. The van der Waals surface area contributed by atoms with E-state index in [4.69, 9.17) is 9.47 Å². The SMILES string of the molecule is C1CCC(OC2CCOCC2)CC1. The predicted molar refractivity (Wildman–Crippen MR) is 51.8 cm³/mol. The highest BCUT2D eigenvalue weighted by molar-refractivity contribution is 4.70. The van der Waals surface area contributed by atoms with E-state index in [0.29, 0.717) is 12.2 Å². The van der Waals surface area contributed by atoms with Crippen molar-refractivity contribution in [3.63, 3.8) is 0 Å². The third-order valence-electron chi connectivity index (χ3n) is 3.11. The van der Waals surface area contributed by atoms with Crippen molar-refractivity contribution in [2.75, 3.05) is 13.2 Å². The van der Waals surface area contributed by atoms with Gasteiger partial charge in [0.05, 0.1) is 12.2 Å². The summed E-state index contributed by atoms with van der Waals surface area (Å²) in [6, 6.07) is 0. The average molecular weight is 184 g/mol. The summed E-state index contributed by atoms with van der Waals surface area (Å²) in [4.78, 5) is 0. The van der Waals surface area contributed by atoms with Gasteiger partial charge in [0.1, 0.15) is 0 Å². The summed E-state index contributed by atoms with van der Waals surface area (Å²) in [5, 5.41) is 0. The minimum Gasteiger partial charge on any atom is -0.381 e. The normalized spacial score (nSPS) is 27.7. The zero-order valence-corrected chi connectivity index (χ0v) is 8.34. The molecule has 0 aromatic rings. The van der Waals surface area contributed by atoms with E-state index in [1.807, 2.05) is 0 Å². The Hall–Kier alpha value is -0.0800. The summed E-state index contributed by atoms with van der Waals surface area (Å²) in [6.07, 6.45) is 10.0. The third-order valence-corrected chi connectivity index (χ3v) is 3.11. The molecule has 0 amide bonds. The first-order valence-electron chi connectivity index (χ1n) is 5.68. The summed E-state index contributed by atoms with van der Waals surface area (Å²) in [5.74, 6) is 0. The highest BCUT2D eigenvalue weighted by Crippen LogP contribution is 2.23. The van der Waals surface area contributed by atoms with E-state index < -0.39 is 0 Å². The molecule has 2 heteroatoms. The number of hydrogen-bond donors (Lipinski definition) is 0. The smallest absolute Gasteiger partial charge is 0.0622 e. The molecular weight excluding hydrogens is 164 g/mol. The Morgan fingerprint density at radius 2 is 1.38 bits per heavy atom. The molecule has 1 aliphatic heterocycles. The molecule has 0 aromatic heterocycles. The van der Waals surface area contributed by atoms with Gasteiger partial charge in [-0.25, -0.2) is 0 Å². The Morgan fingerprint density at radius 3 is 2.08 bits per heavy atom. The minimum absolute atomic E-state index is 0.497. The lowest BCUT2D eigenvalue weighted by Gasteiger charge is -2.29. The predicted octanol–water partition coefficient (Wildman–Crippen LogP) is 2.51. The van der Waals surface area contributed by atoms with Crippen LogP contribution < -0.4 is 0 Å². The summed E-state index contributed by atoms with van der Waals surface area (Å²) < 4.78 is 11.4. The highest BCUT2D eigenvalue weighted by atomic mass is 16.5. The molecule has 0 unspecified atom stereocenters. The van der Waals surface area contributed by atoms with Crippen molar-refractivity contribution in [3.8, 4) is 0 Å². The van der Waals surface area contributed by atoms with E-state index in [1.54, 1.807) is 0 Å². The molecule has 0 bridgehead atoms. The third kappa shape index (κ3) is 2.96. The molecule has 0 atom stereocenters. The van der Waals surface area contributed by atoms with Crippen molar-refractivity contribution >= 4 is 0 Å². The van der Waals surface area contributed by atoms with Gasteiger partial charge in [0, 0.05) is 13.2 Å². The van der Waals surface area contributed by atoms with Crippen molar-refractivity contribution in [2.45, 2.75) is 57.2 Å². The van der Waals surface area contributed by atoms with Gasteiger partial charge >= 0.3 is 0 Å². The fraction of sp³-hybridized carbons (Fsp3) is 1.00. The standard InChI is InChI=1S/C11H20O2/c1-2-4-10(5-3-1)13-11-6-8-12-9-7-11/h10-11H,1-9H2. The Labute approximate surface area is 80.6 Å². The van der Waals surface area contributed by atoms with Gasteiger partial charge in [0.25, 0.3) is 0 Å². The van der Waals surface area contributed by atoms with E-state index in [-0.39, 0.29) is 0 Å². The molecule has 0 aromatic carbocycles. The minimum atomic E-state index is 0.497. The largest absolute Gasteiger partial charge is 0.381 e. The first-order valence-corrected chi connectivity index (χ1v) is 5.68. The van der Waals surface area contributed by atoms with Crippen LogP contribution >= 0.6 is 0 Å². The fourth-order valence-electron chi connectivity index (χ4n) is 2.29. The van der Waals surface area contributed by atoms with Crippen LogP contribution in [0.4, 0.5) is 0 Å². The molecule has 0 radical (unpaired) electrons. The molecule has 13 heavy (non-hydrogen) atoms. The molecule has 2 rings (SSSR count). The van der Waals surface area contributed by atoms with E-state index in [2.05, 4.69) is 0 Å². The second kappa shape index (κ2) is 4.97. The van der Waals surface area contributed by atoms with Gasteiger partial charge < -0.3 is 9.47 Å². The maximum atomic E-state index is 6.05. The van der Waals surface area contributed by atoms with Gasteiger partial charge in [-0.3, -0.25) is 0 Å². The second-order valence-corrected chi connectivity index (χ2v) is 4.21. The molecule has 1 aliphatic carbocycles. The molecule has 2 aliphatic rings. The summed E-state index contributed by atoms with van der Waals surface area (Å²) in [5.41, 5.74) is 0. The number of ether oxygens (including phenoxy) is 2. The summed E-state index contributed by atoms with van der Waals surface area (Å²) >= 11 is 0. The zero-order chi connectivity index (χ0) is 8.93. The van der Waals surface area contributed by atoms with Crippen molar-refractivity contribution in [1.82, 2.24) is 0 Å². The monoisotopic (exact) mass is 184 g/mol. The molecule has 1 heterocycles. The molecule has 1 saturated heterocycles.